The highest BCUT2D eigenvalue weighted by atomic mass is 79.9. The van der Waals surface area contributed by atoms with Crippen LogP contribution in [0.15, 0.2) is 45.8 Å². The molecule has 3 rings (SSSR count). The molecule has 0 unspecified atom stereocenters. The van der Waals surface area contributed by atoms with Crippen LogP contribution in [0.4, 0.5) is 0 Å². The Hall–Kier alpha value is -2.36. The number of esters is 1. The monoisotopic (exact) mass is 591 g/mol. The summed E-state index contributed by atoms with van der Waals surface area (Å²) in [5.41, 5.74) is 3.18. The van der Waals surface area contributed by atoms with Gasteiger partial charge >= 0.3 is 5.97 Å². The fourth-order valence-electron chi connectivity index (χ4n) is 3.48. The molecule has 1 fully saturated rings. The minimum absolute atomic E-state index is 0.0845. The molecule has 1 heterocycles. The van der Waals surface area contributed by atoms with Crippen molar-refractivity contribution in [2.45, 2.75) is 46.1 Å². The van der Waals surface area contributed by atoms with Crippen molar-refractivity contribution in [2.24, 2.45) is 0 Å². The topological polar surface area (TPSA) is 65.1 Å². The first-order valence-corrected chi connectivity index (χ1v) is 13.6. The van der Waals surface area contributed by atoms with Crippen LogP contribution in [-0.2, 0) is 26.3 Å². The molecule has 9 heteroatoms. The van der Waals surface area contributed by atoms with Crippen LogP contribution in [0.5, 0.6) is 11.5 Å². The summed E-state index contributed by atoms with van der Waals surface area (Å²) in [6.07, 6.45) is 1.85. The second-order valence-electron chi connectivity index (χ2n) is 9.16. The van der Waals surface area contributed by atoms with Gasteiger partial charge in [-0.3, -0.25) is 14.5 Å². The number of nitrogens with zero attached hydrogens (tertiary/aromatic N) is 1. The first-order valence-electron chi connectivity index (χ1n) is 11.5. The van der Waals surface area contributed by atoms with Gasteiger partial charge in [0.1, 0.15) is 10.9 Å². The standard InChI is InChI=1S/C27H30BrNO5S2/c1-6-33-21-14-18(15-22-25(31)29(26(35)36-22)12-11-23(30)32-5)13-20(28)24(21)34-16-17-7-9-19(10-8-17)27(2,3)4/h7-10,13-15H,6,11-12,16H2,1-5H3/b22-15+. The molecule has 1 saturated heterocycles. The number of amides is 1. The highest BCUT2D eigenvalue weighted by Gasteiger charge is 2.32. The molecule has 6 nitrogen and oxygen atoms in total. The quantitative estimate of drug-likeness (QED) is 0.187. The van der Waals surface area contributed by atoms with Gasteiger partial charge in [-0.05, 0) is 63.2 Å². The van der Waals surface area contributed by atoms with E-state index in [1.807, 2.05) is 19.1 Å². The zero-order chi connectivity index (χ0) is 26.5. The van der Waals surface area contributed by atoms with Crippen molar-refractivity contribution < 1.29 is 23.8 Å². The van der Waals surface area contributed by atoms with Crippen molar-refractivity contribution in [3.8, 4) is 11.5 Å². The first kappa shape index (κ1) is 28.2. The summed E-state index contributed by atoms with van der Waals surface area (Å²) in [4.78, 5) is 26.2. The number of hydrogen-bond donors (Lipinski definition) is 0. The van der Waals surface area contributed by atoms with E-state index >= 15 is 0 Å². The number of rotatable bonds is 9. The lowest BCUT2D eigenvalue weighted by Gasteiger charge is -2.19. The van der Waals surface area contributed by atoms with Crippen LogP contribution in [0.25, 0.3) is 6.08 Å². The zero-order valence-electron chi connectivity index (χ0n) is 21.1. The predicted octanol–water partition coefficient (Wildman–Crippen LogP) is 6.49. The lowest BCUT2D eigenvalue weighted by Crippen LogP contribution is -2.30. The van der Waals surface area contributed by atoms with Crippen molar-refractivity contribution in [3.05, 3.63) is 62.5 Å². The van der Waals surface area contributed by atoms with Crippen LogP contribution in [-0.4, -0.2) is 41.4 Å². The third-order valence-corrected chi connectivity index (χ3v) is 7.44. The average molecular weight is 593 g/mol. The van der Waals surface area contributed by atoms with Crippen LogP contribution < -0.4 is 9.47 Å². The van der Waals surface area contributed by atoms with E-state index in [1.54, 1.807) is 6.08 Å². The van der Waals surface area contributed by atoms with Crippen LogP contribution in [0.1, 0.15) is 50.8 Å². The van der Waals surface area contributed by atoms with Crippen LogP contribution in [0.3, 0.4) is 0 Å². The third-order valence-electron chi connectivity index (χ3n) is 5.47. The van der Waals surface area contributed by atoms with Gasteiger partial charge in [-0.25, -0.2) is 0 Å². The van der Waals surface area contributed by atoms with E-state index < -0.39 is 0 Å². The van der Waals surface area contributed by atoms with Gasteiger partial charge in [0.25, 0.3) is 5.91 Å². The van der Waals surface area contributed by atoms with E-state index in [2.05, 4.69) is 65.7 Å². The van der Waals surface area contributed by atoms with Crippen molar-refractivity contribution in [3.63, 3.8) is 0 Å². The molecule has 0 aliphatic carbocycles. The second kappa shape index (κ2) is 12.3. The number of thioether (sulfide) groups is 1. The summed E-state index contributed by atoms with van der Waals surface area (Å²) in [7, 11) is 1.32. The van der Waals surface area contributed by atoms with Crippen molar-refractivity contribution in [1.29, 1.82) is 0 Å². The Bertz CT molecular complexity index is 1170. The van der Waals surface area contributed by atoms with Gasteiger partial charge in [-0.15, -0.1) is 0 Å². The molecule has 0 radical (unpaired) electrons. The number of methoxy groups -OCH3 is 1. The molecule has 2 aromatic carbocycles. The van der Waals surface area contributed by atoms with Gasteiger partial charge in [-0.2, -0.15) is 0 Å². The molecule has 36 heavy (non-hydrogen) atoms. The lowest BCUT2D eigenvalue weighted by atomic mass is 9.87. The van der Waals surface area contributed by atoms with Crippen LogP contribution >= 0.6 is 39.9 Å². The number of ether oxygens (including phenoxy) is 3. The maximum absolute atomic E-state index is 12.9. The number of thiocarbonyl (C=S) groups is 1. The van der Waals surface area contributed by atoms with E-state index in [9.17, 15) is 9.59 Å². The van der Waals surface area contributed by atoms with E-state index in [4.69, 9.17) is 21.7 Å². The number of hydrogen-bond acceptors (Lipinski definition) is 7. The summed E-state index contributed by atoms with van der Waals surface area (Å²) < 4.78 is 17.8. The Morgan fingerprint density at radius 3 is 2.47 bits per heavy atom. The molecule has 0 spiro atoms. The van der Waals surface area contributed by atoms with Gasteiger partial charge in [0.15, 0.2) is 11.5 Å². The van der Waals surface area contributed by atoms with Gasteiger partial charge in [0.2, 0.25) is 0 Å². The molecule has 0 N–H and O–H groups in total. The van der Waals surface area contributed by atoms with Crippen LogP contribution in [0, 0.1) is 0 Å². The maximum Gasteiger partial charge on any atom is 0.307 e. The fourth-order valence-corrected chi connectivity index (χ4v) is 5.36. The highest BCUT2D eigenvalue weighted by molar-refractivity contribution is 9.10. The molecule has 192 valence electrons. The molecule has 0 bridgehead atoms. The lowest BCUT2D eigenvalue weighted by molar-refractivity contribution is -0.140. The Balaban J connectivity index is 1.78. The molecule has 0 atom stereocenters. The van der Waals surface area contributed by atoms with Gasteiger partial charge < -0.3 is 14.2 Å². The minimum atomic E-state index is -0.390. The molecule has 1 aliphatic heterocycles. The molecular formula is C27H30BrNO5S2. The molecule has 0 aromatic heterocycles. The summed E-state index contributed by atoms with van der Waals surface area (Å²) in [6, 6.07) is 12.1. The van der Waals surface area contributed by atoms with Crippen molar-refractivity contribution in [2.75, 3.05) is 20.3 Å². The van der Waals surface area contributed by atoms with Gasteiger partial charge in [-0.1, -0.05) is 69.0 Å². The minimum Gasteiger partial charge on any atom is -0.490 e. The number of benzene rings is 2. The number of carbonyl (C=O) groups is 2. The van der Waals surface area contributed by atoms with Gasteiger partial charge in [0.05, 0.1) is 29.5 Å². The van der Waals surface area contributed by atoms with Crippen molar-refractivity contribution >= 4 is 62.2 Å². The molecular weight excluding hydrogens is 562 g/mol. The molecule has 1 amide bonds. The Labute approximate surface area is 230 Å². The molecule has 1 aliphatic rings. The van der Waals surface area contributed by atoms with Crippen molar-refractivity contribution in [1.82, 2.24) is 4.90 Å². The van der Waals surface area contributed by atoms with E-state index in [0.29, 0.717) is 38.4 Å². The summed E-state index contributed by atoms with van der Waals surface area (Å²) >= 11 is 10.2. The molecule has 2 aromatic rings. The Morgan fingerprint density at radius 2 is 1.86 bits per heavy atom. The fraction of sp³-hybridized carbons (Fsp3) is 0.370. The maximum atomic E-state index is 12.9. The predicted molar refractivity (Wildman–Crippen MR) is 151 cm³/mol. The largest absolute Gasteiger partial charge is 0.490 e. The van der Waals surface area contributed by atoms with E-state index in [0.717, 1.165) is 11.1 Å². The Morgan fingerprint density at radius 1 is 1.17 bits per heavy atom. The number of carbonyl (C=O) groups excluding carboxylic acids is 2. The molecule has 0 saturated carbocycles. The SMILES string of the molecule is CCOc1cc(/C=C2/SC(=S)N(CCC(=O)OC)C2=O)cc(Br)c1OCc1ccc(C(C)(C)C)cc1. The highest BCUT2D eigenvalue weighted by Crippen LogP contribution is 2.40. The zero-order valence-corrected chi connectivity index (χ0v) is 24.3. The summed E-state index contributed by atoms with van der Waals surface area (Å²) in [5, 5.41) is 0. The van der Waals surface area contributed by atoms with Gasteiger partial charge in [0, 0.05) is 6.54 Å². The Kier molecular flexibility index (Phi) is 9.60. The smallest absolute Gasteiger partial charge is 0.307 e. The number of halogens is 1. The normalized spacial score (nSPS) is 14.9. The third kappa shape index (κ3) is 7.11. The average Bonchev–Trinajstić information content (AvgIpc) is 3.08. The first-order chi connectivity index (χ1) is 17.0. The van der Waals surface area contributed by atoms with E-state index in [-0.39, 0.29) is 30.3 Å². The van der Waals surface area contributed by atoms with Crippen LogP contribution in [0.2, 0.25) is 0 Å². The van der Waals surface area contributed by atoms with E-state index in [1.165, 1.54) is 29.3 Å². The summed E-state index contributed by atoms with van der Waals surface area (Å²) in [5.74, 6) is 0.547. The second-order valence-corrected chi connectivity index (χ2v) is 11.7. The summed E-state index contributed by atoms with van der Waals surface area (Å²) in [6.45, 7) is 9.50.